The van der Waals surface area contributed by atoms with E-state index in [0.717, 1.165) is 0 Å². The minimum absolute atomic E-state index is 0. The van der Waals surface area contributed by atoms with Crippen molar-refractivity contribution in [1.82, 2.24) is 15.5 Å². The molecule has 2 aliphatic heterocycles. The smallest absolute Gasteiger partial charge is 0.353 e. The minimum atomic E-state index is -4.19. The summed E-state index contributed by atoms with van der Waals surface area (Å²) >= 11 is 0. The highest BCUT2D eigenvalue weighted by atomic mass is 127. The molecule has 0 aliphatic carbocycles. The Morgan fingerprint density at radius 3 is 2.46 bits per heavy atom. The number of hydrogen-bond acceptors (Lipinski definition) is 4. The maximum absolute atomic E-state index is 12.4. The van der Waals surface area contributed by atoms with E-state index in [9.17, 15) is 21.6 Å². The Morgan fingerprint density at radius 1 is 1.25 bits per heavy atom. The van der Waals surface area contributed by atoms with Gasteiger partial charge in [0, 0.05) is 31.7 Å². The van der Waals surface area contributed by atoms with E-state index >= 15 is 0 Å². The van der Waals surface area contributed by atoms with E-state index < -0.39 is 22.6 Å². The summed E-state index contributed by atoms with van der Waals surface area (Å²) in [7, 11) is -2.99. The topological polar surface area (TPSA) is 73.8 Å². The van der Waals surface area contributed by atoms with Crippen molar-refractivity contribution in [3.8, 4) is 0 Å². The molecule has 142 valence electrons. The number of hydrogen-bond donors (Lipinski definition) is 2. The average Bonchev–Trinajstić information content (AvgIpc) is 2.94. The van der Waals surface area contributed by atoms with Gasteiger partial charge < -0.3 is 10.6 Å². The van der Waals surface area contributed by atoms with Crippen LogP contribution in [0.4, 0.5) is 13.2 Å². The third-order valence-corrected chi connectivity index (χ3v) is 5.67. The van der Waals surface area contributed by atoms with E-state index in [-0.39, 0.29) is 47.6 Å². The number of alkyl halides is 3. The number of aliphatic imine (C=N–C) groups is 1. The minimum Gasteiger partial charge on any atom is -0.353 e. The number of likely N-dealkylation sites (tertiary alicyclic amines) is 1. The monoisotopic (exact) mass is 484 g/mol. The molecule has 2 fully saturated rings. The first kappa shape index (κ1) is 21.7. The molecular formula is C13H24F3IN4O2S. The summed E-state index contributed by atoms with van der Waals surface area (Å²) in [6.07, 6.45) is -3.06. The van der Waals surface area contributed by atoms with Crippen molar-refractivity contribution >= 4 is 39.8 Å². The molecule has 2 rings (SSSR count). The number of rotatable bonds is 4. The maximum atomic E-state index is 12.4. The number of sulfone groups is 1. The second-order valence-corrected chi connectivity index (χ2v) is 8.28. The Hall–Kier alpha value is -0.300. The molecule has 2 heterocycles. The van der Waals surface area contributed by atoms with Gasteiger partial charge in [0.1, 0.15) is 0 Å². The largest absolute Gasteiger partial charge is 0.401 e. The molecule has 0 bridgehead atoms. The number of nitrogens with one attached hydrogen (secondary N) is 2. The standard InChI is InChI=1S/C13H23F3N4O2S.HI/c1-2-17-12(19-11-4-6-23(21,22)8-11)18-10-3-5-20(7-10)9-13(14,15)16;/h10-11H,2-9H2,1H3,(H2,17,18,19);1H. The van der Waals surface area contributed by atoms with Crippen LogP contribution in [0.2, 0.25) is 0 Å². The van der Waals surface area contributed by atoms with E-state index in [4.69, 9.17) is 0 Å². The van der Waals surface area contributed by atoms with Crippen LogP contribution in [-0.2, 0) is 9.84 Å². The summed E-state index contributed by atoms with van der Waals surface area (Å²) in [5.41, 5.74) is 0. The van der Waals surface area contributed by atoms with Gasteiger partial charge in [-0.05, 0) is 19.8 Å². The van der Waals surface area contributed by atoms with Crippen molar-refractivity contribution < 1.29 is 21.6 Å². The lowest BCUT2D eigenvalue weighted by atomic mass is 10.2. The molecule has 6 nitrogen and oxygen atoms in total. The summed E-state index contributed by atoms with van der Waals surface area (Å²) in [6, 6.07) is -0.307. The van der Waals surface area contributed by atoms with Crippen molar-refractivity contribution in [1.29, 1.82) is 0 Å². The Labute approximate surface area is 157 Å². The van der Waals surface area contributed by atoms with Crippen molar-refractivity contribution in [3.05, 3.63) is 0 Å². The fraction of sp³-hybridized carbons (Fsp3) is 0.923. The predicted octanol–water partition coefficient (Wildman–Crippen LogP) is 0.983. The van der Waals surface area contributed by atoms with Gasteiger partial charge in [-0.1, -0.05) is 0 Å². The van der Waals surface area contributed by atoms with E-state index in [0.29, 0.717) is 38.4 Å². The number of halogens is 4. The Morgan fingerprint density at radius 2 is 1.92 bits per heavy atom. The highest BCUT2D eigenvalue weighted by Gasteiger charge is 2.35. The van der Waals surface area contributed by atoms with Crippen LogP contribution in [0.15, 0.2) is 4.99 Å². The molecule has 0 amide bonds. The molecule has 2 unspecified atom stereocenters. The normalized spacial score (nSPS) is 27.8. The molecule has 2 aliphatic rings. The second kappa shape index (κ2) is 8.88. The zero-order chi connectivity index (χ0) is 17.1. The van der Waals surface area contributed by atoms with Gasteiger partial charge in [0.05, 0.1) is 18.1 Å². The predicted molar refractivity (Wildman–Crippen MR) is 97.6 cm³/mol. The summed E-state index contributed by atoms with van der Waals surface area (Å²) in [5, 5.41) is 6.20. The lowest BCUT2D eigenvalue weighted by Crippen LogP contribution is -2.49. The van der Waals surface area contributed by atoms with Crippen molar-refractivity contribution in [2.24, 2.45) is 4.99 Å². The molecule has 0 radical (unpaired) electrons. The van der Waals surface area contributed by atoms with Gasteiger partial charge in [-0.15, -0.1) is 24.0 Å². The molecule has 2 saturated heterocycles. The van der Waals surface area contributed by atoms with Gasteiger partial charge in [0.25, 0.3) is 0 Å². The Balaban J connectivity index is 0.00000288. The summed E-state index contributed by atoms with van der Waals surface area (Å²) < 4.78 is 60.2. The first-order valence-corrected chi connectivity index (χ1v) is 9.56. The molecule has 0 spiro atoms. The van der Waals surface area contributed by atoms with E-state index in [1.807, 2.05) is 6.92 Å². The average molecular weight is 484 g/mol. The first-order chi connectivity index (χ1) is 10.7. The summed E-state index contributed by atoms with van der Waals surface area (Å²) in [6.45, 7) is 2.13. The van der Waals surface area contributed by atoms with Crippen LogP contribution in [0.5, 0.6) is 0 Å². The zero-order valence-electron chi connectivity index (χ0n) is 13.5. The van der Waals surface area contributed by atoms with Gasteiger partial charge in [0.15, 0.2) is 15.8 Å². The number of nitrogens with zero attached hydrogens (tertiary/aromatic N) is 2. The molecule has 2 N–H and O–H groups in total. The fourth-order valence-electron chi connectivity index (χ4n) is 2.93. The van der Waals surface area contributed by atoms with E-state index in [1.54, 1.807) is 0 Å². The van der Waals surface area contributed by atoms with Crippen molar-refractivity contribution in [3.63, 3.8) is 0 Å². The van der Waals surface area contributed by atoms with Crippen LogP contribution in [0.25, 0.3) is 0 Å². The van der Waals surface area contributed by atoms with Crippen molar-refractivity contribution in [2.75, 3.05) is 37.7 Å². The van der Waals surface area contributed by atoms with Crippen LogP contribution in [0.1, 0.15) is 19.8 Å². The molecular weight excluding hydrogens is 460 g/mol. The van der Waals surface area contributed by atoms with Crippen LogP contribution in [-0.4, -0.2) is 75.2 Å². The third kappa shape index (κ3) is 7.30. The highest BCUT2D eigenvalue weighted by molar-refractivity contribution is 14.0. The van der Waals surface area contributed by atoms with Gasteiger partial charge >= 0.3 is 6.18 Å². The molecule has 2 atom stereocenters. The Kier molecular flexibility index (Phi) is 8.04. The van der Waals surface area contributed by atoms with Gasteiger partial charge in [-0.2, -0.15) is 13.2 Å². The lowest BCUT2D eigenvalue weighted by molar-refractivity contribution is -0.143. The first-order valence-electron chi connectivity index (χ1n) is 7.74. The molecule has 0 aromatic heterocycles. The van der Waals surface area contributed by atoms with Crippen LogP contribution in [0, 0.1) is 0 Å². The summed E-state index contributed by atoms with van der Waals surface area (Å²) in [4.78, 5) is 5.62. The van der Waals surface area contributed by atoms with Gasteiger partial charge in [-0.3, -0.25) is 9.89 Å². The quantitative estimate of drug-likeness (QED) is 0.354. The van der Waals surface area contributed by atoms with E-state index in [1.165, 1.54) is 4.90 Å². The molecule has 0 aromatic rings. The third-order valence-electron chi connectivity index (χ3n) is 3.91. The Bertz CT molecular complexity index is 542. The summed E-state index contributed by atoms with van der Waals surface area (Å²) in [5.74, 6) is 0.711. The molecule has 24 heavy (non-hydrogen) atoms. The van der Waals surface area contributed by atoms with Gasteiger partial charge in [-0.25, -0.2) is 8.42 Å². The van der Waals surface area contributed by atoms with Crippen LogP contribution >= 0.6 is 24.0 Å². The van der Waals surface area contributed by atoms with Gasteiger partial charge in [0.2, 0.25) is 0 Å². The highest BCUT2D eigenvalue weighted by Crippen LogP contribution is 2.20. The van der Waals surface area contributed by atoms with Crippen LogP contribution in [0.3, 0.4) is 0 Å². The SMILES string of the molecule is CCN=C(NC1CCN(CC(F)(F)F)C1)NC1CCS(=O)(=O)C1.I. The number of guanidine groups is 1. The molecule has 11 heteroatoms. The second-order valence-electron chi connectivity index (χ2n) is 6.05. The molecule has 0 saturated carbocycles. The van der Waals surface area contributed by atoms with Crippen LogP contribution < -0.4 is 10.6 Å². The fourth-order valence-corrected chi connectivity index (χ4v) is 4.61. The molecule has 0 aromatic carbocycles. The van der Waals surface area contributed by atoms with E-state index in [2.05, 4.69) is 15.6 Å². The maximum Gasteiger partial charge on any atom is 0.401 e. The lowest BCUT2D eigenvalue weighted by Gasteiger charge is -2.21. The van der Waals surface area contributed by atoms with Crippen molar-refractivity contribution in [2.45, 2.75) is 38.0 Å². The zero-order valence-corrected chi connectivity index (χ0v) is 16.6.